The first-order chi connectivity index (χ1) is 13.5. The van der Waals surface area contributed by atoms with E-state index < -0.39 is 0 Å². The van der Waals surface area contributed by atoms with Gasteiger partial charge in [0, 0.05) is 12.7 Å². The molecule has 0 atom stereocenters. The molecule has 2 aliphatic heterocycles. The number of carbonyl (C=O) groups excluding carboxylic acids is 2. The van der Waals surface area contributed by atoms with Crippen LogP contribution in [0.5, 0.6) is 0 Å². The molecule has 0 unspecified atom stereocenters. The summed E-state index contributed by atoms with van der Waals surface area (Å²) in [5.41, 5.74) is 4.03. The van der Waals surface area contributed by atoms with Crippen molar-refractivity contribution in [1.82, 2.24) is 10.2 Å². The van der Waals surface area contributed by atoms with Gasteiger partial charge in [-0.25, -0.2) is 0 Å². The van der Waals surface area contributed by atoms with Gasteiger partial charge in [0.1, 0.15) is 0 Å². The number of piperazine rings is 2. The minimum atomic E-state index is 0.0703. The molecule has 0 spiro atoms. The number of likely N-dealkylation sites (N-methyl/N-ethyl adjacent to an activating group) is 1. The van der Waals surface area contributed by atoms with Crippen LogP contribution in [0.25, 0.3) is 0 Å². The summed E-state index contributed by atoms with van der Waals surface area (Å²) in [6, 6.07) is 6.50. The van der Waals surface area contributed by atoms with Crippen LogP contribution in [0.4, 0.5) is 5.69 Å². The third-order valence-electron chi connectivity index (χ3n) is 6.30. The number of hydrogen-bond acceptors (Lipinski definition) is 3. The zero-order chi connectivity index (χ0) is 20.1. The molecule has 154 valence electrons. The lowest BCUT2D eigenvalue weighted by atomic mass is 10.1. The molecule has 1 aromatic rings. The lowest BCUT2D eigenvalue weighted by Gasteiger charge is -2.36. The average Bonchev–Trinajstić information content (AvgIpc) is 2.71. The van der Waals surface area contributed by atoms with Crippen LogP contribution in [0, 0.1) is 13.8 Å². The second-order valence-corrected chi connectivity index (χ2v) is 8.11. The summed E-state index contributed by atoms with van der Waals surface area (Å²) in [5.74, 6) is 0.329. The number of carbonyl (C=O) groups is 2. The minimum absolute atomic E-state index is 0.0703. The predicted molar refractivity (Wildman–Crippen MR) is 110 cm³/mol. The quantitative estimate of drug-likeness (QED) is 0.521. The van der Waals surface area contributed by atoms with Gasteiger partial charge in [-0.2, -0.15) is 0 Å². The molecule has 0 saturated carbocycles. The standard InChI is InChI=1S/C21H33N5O2/c1-17-5-4-6-19(18(17)2)25-11-7-24(8-12-25)16-21(28)26-13-9-23(10-14-26)15-20(27)22-3/h4-6H,7-16H2,1-3H3,(H,22,27)/p+2. The van der Waals surface area contributed by atoms with Crippen molar-refractivity contribution < 1.29 is 19.4 Å². The Hall–Kier alpha value is -2.12. The van der Waals surface area contributed by atoms with Crippen LogP contribution in [0.15, 0.2) is 18.2 Å². The maximum Gasteiger partial charge on any atom is 0.278 e. The second-order valence-electron chi connectivity index (χ2n) is 8.11. The van der Waals surface area contributed by atoms with E-state index in [4.69, 9.17) is 0 Å². The zero-order valence-electron chi connectivity index (χ0n) is 17.5. The van der Waals surface area contributed by atoms with Gasteiger partial charge in [-0.05, 0) is 31.0 Å². The molecule has 7 heteroatoms. The Balaban J connectivity index is 1.43. The summed E-state index contributed by atoms with van der Waals surface area (Å²) < 4.78 is 0. The van der Waals surface area contributed by atoms with Crippen LogP contribution in [0.3, 0.4) is 0 Å². The molecule has 0 bridgehead atoms. The van der Waals surface area contributed by atoms with E-state index in [1.165, 1.54) is 26.6 Å². The molecular formula is C21H35N5O2+2. The summed E-state index contributed by atoms with van der Waals surface area (Å²) >= 11 is 0. The first kappa shape index (κ1) is 20.6. The SMILES string of the molecule is CNC(=O)C[NH+]1CCN(C(=O)C[NH+]2CCN(c3cccc(C)c3C)CC2)CC1. The molecular weight excluding hydrogens is 354 g/mol. The predicted octanol–water partition coefficient (Wildman–Crippen LogP) is -2.52. The molecule has 0 radical (unpaired) electrons. The van der Waals surface area contributed by atoms with E-state index in [0.29, 0.717) is 13.1 Å². The molecule has 7 nitrogen and oxygen atoms in total. The fourth-order valence-electron chi connectivity index (χ4n) is 4.21. The van der Waals surface area contributed by atoms with Crippen LogP contribution < -0.4 is 20.0 Å². The van der Waals surface area contributed by atoms with Crippen molar-refractivity contribution in [3.63, 3.8) is 0 Å². The van der Waals surface area contributed by atoms with Crippen LogP contribution in [-0.4, -0.2) is 89.2 Å². The number of nitrogens with one attached hydrogen (secondary N) is 3. The van der Waals surface area contributed by atoms with Gasteiger partial charge in [0.25, 0.3) is 11.8 Å². The number of benzene rings is 1. The Labute approximate surface area is 168 Å². The molecule has 2 aliphatic rings. The maximum atomic E-state index is 12.7. The summed E-state index contributed by atoms with van der Waals surface area (Å²) in [5, 5.41) is 2.67. The second kappa shape index (κ2) is 9.39. The third-order valence-corrected chi connectivity index (χ3v) is 6.30. The van der Waals surface area contributed by atoms with E-state index in [1.54, 1.807) is 7.05 Å². The highest BCUT2D eigenvalue weighted by molar-refractivity contribution is 5.77. The number of aryl methyl sites for hydroxylation is 1. The van der Waals surface area contributed by atoms with Gasteiger partial charge in [0.2, 0.25) is 0 Å². The Kier molecular flexibility index (Phi) is 6.91. The van der Waals surface area contributed by atoms with Gasteiger partial charge in [0.15, 0.2) is 13.1 Å². The fourth-order valence-corrected chi connectivity index (χ4v) is 4.21. The Morgan fingerprint density at radius 1 is 0.964 bits per heavy atom. The highest BCUT2D eigenvalue weighted by atomic mass is 16.2. The third kappa shape index (κ3) is 5.02. The van der Waals surface area contributed by atoms with Crippen molar-refractivity contribution in [2.75, 3.05) is 77.4 Å². The molecule has 3 rings (SSSR count). The minimum Gasteiger partial charge on any atom is -0.360 e. The number of amides is 2. The maximum absolute atomic E-state index is 12.7. The number of anilines is 1. The molecule has 3 N–H and O–H groups in total. The molecule has 1 aromatic carbocycles. The molecule has 0 aliphatic carbocycles. The normalized spacial score (nSPS) is 19.0. The lowest BCUT2D eigenvalue weighted by molar-refractivity contribution is -0.898. The number of rotatable bonds is 5. The first-order valence-corrected chi connectivity index (χ1v) is 10.4. The number of nitrogens with zero attached hydrogens (tertiary/aromatic N) is 2. The van der Waals surface area contributed by atoms with Crippen molar-refractivity contribution in [2.45, 2.75) is 13.8 Å². The van der Waals surface area contributed by atoms with Gasteiger partial charge in [-0.15, -0.1) is 0 Å². The van der Waals surface area contributed by atoms with E-state index in [2.05, 4.69) is 42.3 Å². The van der Waals surface area contributed by atoms with Gasteiger partial charge >= 0.3 is 0 Å². The highest BCUT2D eigenvalue weighted by Crippen LogP contribution is 2.22. The van der Waals surface area contributed by atoms with E-state index in [1.807, 2.05) is 4.90 Å². The Morgan fingerprint density at radius 2 is 1.57 bits per heavy atom. The summed E-state index contributed by atoms with van der Waals surface area (Å²) in [6.07, 6.45) is 0. The molecule has 2 amide bonds. The molecule has 0 aromatic heterocycles. The first-order valence-electron chi connectivity index (χ1n) is 10.4. The number of hydrogen-bond donors (Lipinski definition) is 3. The van der Waals surface area contributed by atoms with Crippen LogP contribution in [-0.2, 0) is 9.59 Å². The van der Waals surface area contributed by atoms with Crippen molar-refractivity contribution >= 4 is 17.5 Å². The van der Waals surface area contributed by atoms with Crippen LogP contribution in [0.1, 0.15) is 11.1 Å². The monoisotopic (exact) mass is 389 g/mol. The van der Waals surface area contributed by atoms with Crippen LogP contribution >= 0.6 is 0 Å². The highest BCUT2D eigenvalue weighted by Gasteiger charge is 2.29. The number of quaternary nitrogens is 2. The largest absolute Gasteiger partial charge is 0.360 e. The Morgan fingerprint density at radius 3 is 2.21 bits per heavy atom. The van der Waals surface area contributed by atoms with Crippen molar-refractivity contribution in [1.29, 1.82) is 0 Å². The van der Waals surface area contributed by atoms with Gasteiger partial charge in [-0.3, -0.25) is 9.59 Å². The van der Waals surface area contributed by atoms with Gasteiger partial charge in [0.05, 0.1) is 52.4 Å². The van der Waals surface area contributed by atoms with Crippen molar-refractivity contribution in [3.8, 4) is 0 Å². The van der Waals surface area contributed by atoms with Gasteiger partial charge in [-0.1, -0.05) is 12.1 Å². The lowest BCUT2D eigenvalue weighted by Crippen LogP contribution is -3.17. The topological polar surface area (TPSA) is 61.5 Å². The zero-order valence-corrected chi connectivity index (χ0v) is 17.5. The van der Waals surface area contributed by atoms with Crippen LogP contribution in [0.2, 0.25) is 0 Å². The van der Waals surface area contributed by atoms with E-state index in [9.17, 15) is 9.59 Å². The molecule has 2 heterocycles. The summed E-state index contributed by atoms with van der Waals surface area (Å²) in [7, 11) is 1.67. The van der Waals surface area contributed by atoms with Crippen molar-refractivity contribution in [3.05, 3.63) is 29.3 Å². The van der Waals surface area contributed by atoms with E-state index in [-0.39, 0.29) is 11.8 Å². The van der Waals surface area contributed by atoms with Crippen molar-refractivity contribution in [2.24, 2.45) is 0 Å². The Bertz CT molecular complexity index is 692. The fraction of sp³-hybridized carbons (Fsp3) is 0.619. The summed E-state index contributed by atoms with van der Waals surface area (Å²) in [4.78, 5) is 31.3. The molecule has 28 heavy (non-hydrogen) atoms. The summed E-state index contributed by atoms with van der Waals surface area (Å²) in [6.45, 7) is 12.7. The molecule has 2 fully saturated rings. The molecule has 2 saturated heterocycles. The van der Waals surface area contributed by atoms with E-state index in [0.717, 1.165) is 52.4 Å². The van der Waals surface area contributed by atoms with E-state index >= 15 is 0 Å². The van der Waals surface area contributed by atoms with Gasteiger partial charge < -0.3 is 24.9 Å². The smallest absolute Gasteiger partial charge is 0.278 e. The average molecular weight is 390 g/mol.